The fraction of sp³-hybridized carbons (Fsp3) is 0.241. The van der Waals surface area contributed by atoms with Gasteiger partial charge in [-0.05, 0) is 53.4 Å². The zero-order valence-electron chi connectivity index (χ0n) is 21.8. The van der Waals surface area contributed by atoms with Crippen LogP contribution in [0, 0.1) is 0 Å². The summed E-state index contributed by atoms with van der Waals surface area (Å²) in [7, 11) is 1.77. The Bertz CT molecular complexity index is 1580. The predicted octanol–water partition coefficient (Wildman–Crippen LogP) is 3.86. The number of nitrogen functional groups attached to an aromatic ring is 1. The van der Waals surface area contributed by atoms with Crippen molar-refractivity contribution in [3.63, 3.8) is 0 Å². The van der Waals surface area contributed by atoms with Crippen LogP contribution in [0.15, 0.2) is 83.8 Å². The molecule has 2 amide bonds. The van der Waals surface area contributed by atoms with Crippen molar-refractivity contribution in [1.29, 1.82) is 0 Å². The molecule has 8 nitrogen and oxygen atoms in total. The van der Waals surface area contributed by atoms with E-state index in [4.69, 9.17) is 5.73 Å². The average molecular weight is 533 g/mol. The quantitative estimate of drug-likeness (QED) is 0.330. The summed E-state index contributed by atoms with van der Waals surface area (Å²) in [4.78, 5) is 29.2. The number of amides is 2. The van der Waals surface area contributed by atoms with Crippen molar-refractivity contribution in [3.8, 4) is 0 Å². The molecule has 4 aromatic rings. The second kappa shape index (κ2) is 11.1. The van der Waals surface area contributed by atoms with Crippen LogP contribution in [-0.4, -0.2) is 54.4 Å². The number of anilines is 1. The summed E-state index contributed by atoms with van der Waals surface area (Å²) in [5.74, 6) is -0.777. The first kappa shape index (κ1) is 26.9. The zero-order valence-corrected chi connectivity index (χ0v) is 22.6. The van der Waals surface area contributed by atoms with Crippen LogP contribution >= 0.6 is 0 Å². The van der Waals surface area contributed by atoms with Crippen molar-refractivity contribution < 1.29 is 18.0 Å². The van der Waals surface area contributed by atoms with Gasteiger partial charge in [-0.3, -0.25) is 9.59 Å². The summed E-state index contributed by atoms with van der Waals surface area (Å²) in [5, 5.41) is 1.12. The standard InChI is InChI=1S/C29H32N4O4S/c1-31(28(34)15-16-38(36,37)25-10-5-4-6-11-25)19-23-17-22(13-14-26(23)30)29(35)32(2)20-24-18-21-9-7-8-12-27(21)33(24)3/h4-14,17-18H,15-16,19-20,30H2,1-3H3. The number of rotatable bonds is 9. The van der Waals surface area contributed by atoms with Gasteiger partial charge in [0.05, 0.1) is 17.2 Å². The van der Waals surface area contributed by atoms with Gasteiger partial charge in [0.1, 0.15) is 0 Å². The van der Waals surface area contributed by atoms with Crippen LogP contribution in [-0.2, 0) is 34.8 Å². The van der Waals surface area contributed by atoms with Crippen LogP contribution in [0.3, 0.4) is 0 Å². The van der Waals surface area contributed by atoms with Crippen molar-refractivity contribution in [2.45, 2.75) is 24.4 Å². The Hall–Kier alpha value is -4.11. The molecule has 0 radical (unpaired) electrons. The second-order valence-corrected chi connectivity index (χ2v) is 11.6. The highest BCUT2D eigenvalue weighted by Crippen LogP contribution is 2.22. The molecule has 0 saturated heterocycles. The molecule has 0 aliphatic carbocycles. The summed E-state index contributed by atoms with van der Waals surface area (Å²) in [6.07, 6.45) is -0.153. The van der Waals surface area contributed by atoms with E-state index in [1.165, 1.54) is 17.0 Å². The maximum absolute atomic E-state index is 13.2. The summed E-state index contributed by atoms with van der Waals surface area (Å²) < 4.78 is 27.1. The largest absolute Gasteiger partial charge is 0.398 e. The van der Waals surface area contributed by atoms with Crippen molar-refractivity contribution >= 4 is 38.2 Å². The first-order valence-corrected chi connectivity index (χ1v) is 13.9. The number of hydrogen-bond donors (Lipinski definition) is 1. The minimum Gasteiger partial charge on any atom is -0.398 e. The summed E-state index contributed by atoms with van der Waals surface area (Å²) in [6.45, 7) is 0.585. The number of carbonyl (C=O) groups is 2. The number of nitrogens with two attached hydrogens (primary N) is 1. The van der Waals surface area contributed by atoms with Crippen molar-refractivity contribution in [3.05, 3.63) is 95.7 Å². The molecule has 0 fully saturated rings. The molecule has 2 N–H and O–H groups in total. The fourth-order valence-electron chi connectivity index (χ4n) is 4.41. The lowest BCUT2D eigenvalue weighted by Gasteiger charge is -2.21. The highest BCUT2D eigenvalue weighted by atomic mass is 32.2. The van der Waals surface area contributed by atoms with Gasteiger partial charge in [-0.1, -0.05) is 36.4 Å². The summed E-state index contributed by atoms with van der Waals surface area (Å²) in [5.41, 5.74) is 9.80. The van der Waals surface area contributed by atoms with E-state index in [1.54, 1.807) is 55.4 Å². The third-order valence-corrected chi connectivity index (χ3v) is 8.44. The molecule has 38 heavy (non-hydrogen) atoms. The number of hydrogen-bond acceptors (Lipinski definition) is 5. The lowest BCUT2D eigenvalue weighted by atomic mass is 10.1. The van der Waals surface area contributed by atoms with Gasteiger partial charge in [0, 0.05) is 56.6 Å². The van der Waals surface area contributed by atoms with E-state index in [1.807, 2.05) is 31.3 Å². The van der Waals surface area contributed by atoms with Gasteiger partial charge >= 0.3 is 0 Å². The molecule has 9 heteroatoms. The SMILES string of the molecule is CN(Cc1cc(C(=O)N(C)Cc2cc3ccccc3n2C)ccc1N)C(=O)CCS(=O)(=O)c1ccccc1. The summed E-state index contributed by atoms with van der Waals surface area (Å²) in [6, 6.07) is 23.2. The third-order valence-electron chi connectivity index (χ3n) is 6.71. The van der Waals surface area contributed by atoms with Crippen LogP contribution in [0.2, 0.25) is 0 Å². The molecule has 0 saturated carbocycles. The van der Waals surface area contributed by atoms with Crippen LogP contribution in [0.25, 0.3) is 10.9 Å². The number of aromatic nitrogens is 1. The minimum absolute atomic E-state index is 0.153. The fourth-order valence-corrected chi connectivity index (χ4v) is 5.66. The molecular formula is C29H32N4O4S. The van der Waals surface area contributed by atoms with Gasteiger partial charge in [0.2, 0.25) is 5.91 Å². The molecule has 4 rings (SSSR count). The molecule has 198 valence electrons. The Morgan fingerprint density at radius 2 is 1.55 bits per heavy atom. The van der Waals surface area contributed by atoms with E-state index in [2.05, 4.69) is 10.6 Å². The zero-order chi connectivity index (χ0) is 27.4. The second-order valence-electron chi connectivity index (χ2n) is 9.46. The van der Waals surface area contributed by atoms with E-state index in [9.17, 15) is 18.0 Å². The molecular weight excluding hydrogens is 500 g/mol. The normalized spacial score (nSPS) is 11.4. The van der Waals surface area contributed by atoms with E-state index in [0.29, 0.717) is 23.4 Å². The maximum atomic E-state index is 13.2. The van der Waals surface area contributed by atoms with Gasteiger partial charge in [-0.15, -0.1) is 0 Å². The lowest BCUT2D eigenvalue weighted by molar-refractivity contribution is -0.130. The molecule has 1 heterocycles. The number of para-hydroxylation sites is 1. The van der Waals surface area contributed by atoms with Crippen molar-refractivity contribution in [2.24, 2.45) is 7.05 Å². The van der Waals surface area contributed by atoms with Crippen molar-refractivity contribution in [1.82, 2.24) is 14.4 Å². The minimum atomic E-state index is -3.56. The lowest BCUT2D eigenvalue weighted by Crippen LogP contribution is -2.29. The monoisotopic (exact) mass is 532 g/mol. The number of fused-ring (bicyclic) bond motifs is 1. The third kappa shape index (κ3) is 5.89. The number of nitrogens with zero attached hydrogens (tertiary/aromatic N) is 3. The molecule has 0 unspecified atom stereocenters. The molecule has 0 spiro atoms. The molecule has 3 aromatic carbocycles. The molecule has 0 atom stereocenters. The van der Waals surface area contributed by atoms with Gasteiger partial charge in [-0.25, -0.2) is 8.42 Å². The Morgan fingerprint density at radius 3 is 2.26 bits per heavy atom. The van der Waals surface area contributed by atoms with E-state index in [-0.39, 0.29) is 35.4 Å². The Balaban J connectivity index is 1.41. The smallest absolute Gasteiger partial charge is 0.253 e. The summed E-state index contributed by atoms with van der Waals surface area (Å²) >= 11 is 0. The molecule has 0 aliphatic heterocycles. The van der Waals surface area contributed by atoms with E-state index >= 15 is 0 Å². The van der Waals surface area contributed by atoms with Crippen LogP contribution in [0.5, 0.6) is 0 Å². The van der Waals surface area contributed by atoms with Gasteiger partial charge in [0.15, 0.2) is 9.84 Å². The van der Waals surface area contributed by atoms with Gasteiger partial charge in [-0.2, -0.15) is 0 Å². The topological polar surface area (TPSA) is 106 Å². The predicted molar refractivity (Wildman–Crippen MR) is 149 cm³/mol. The Kier molecular flexibility index (Phi) is 7.87. The van der Waals surface area contributed by atoms with Gasteiger partial charge < -0.3 is 20.1 Å². The molecule has 0 bridgehead atoms. The molecule has 1 aromatic heterocycles. The highest BCUT2D eigenvalue weighted by molar-refractivity contribution is 7.91. The highest BCUT2D eigenvalue weighted by Gasteiger charge is 2.20. The maximum Gasteiger partial charge on any atom is 0.253 e. The van der Waals surface area contributed by atoms with Crippen LogP contribution in [0.4, 0.5) is 5.69 Å². The first-order chi connectivity index (χ1) is 18.1. The van der Waals surface area contributed by atoms with Gasteiger partial charge in [0.25, 0.3) is 5.91 Å². The van der Waals surface area contributed by atoms with Crippen LogP contribution < -0.4 is 5.73 Å². The number of aryl methyl sites for hydroxylation is 1. The number of benzene rings is 3. The van der Waals surface area contributed by atoms with E-state index in [0.717, 1.165) is 16.6 Å². The number of sulfone groups is 1. The first-order valence-electron chi connectivity index (χ1n) is 12.3. The van der Waals surface area contributed by atoms with E-state index < -0.39 is 9.84 Å². The Labute approximate surface area is 223 Å². The Morgan fingerprint density at radius 1 is 0.868 bits per heavy atom. The number of carbonyl (C=O) groups excluding carboxylic acids is 2. The van der Waals surface area contributed by atoms with Crippen LogP contribution in [0.1, 0.15) is 28.0 Å². The van der Waals surface area contributed by atoms with Crippen molar-refractivity contribution in [2.75, 3.05) is 25.6 Å². The molecule has 0 aliphatic rings. The average Bonchev–Trinajstić information content (AvgIpc) is 3.23.